The second kappa shape index (κ2) is 6.12. The minimum Gasteiger partial charge on any atom is -0.390 e. The fourth-order valence-electron chi connectivity index (χ4n) is 2.60. The summed E-state index contributed by atoms with van der Waals surface area (Å²) in [5.41, 5.74) is 0.773. The van der Waals surface area contributed by atoms with E-state index in [-0.39, 0.29) is 0 Å². The first-order valence-corrected chi connectivity index (χ1v) is 7.94. The first kappa shape index (κ1) is 14.5. The van der Waals surface area contributed by atoms with Crippen LogP contribution < -0.4 is 5.32 Å². The van der Waals surface area contributed by atoms with Gasteiger partial charge in [-0.25, -0.2) is 0 Å². The molecule has 110 valence electrons. The quantitative estimate of drug-likeness (QED) is 0.679. The number of hydrogen-bond acceptors (Lipinski definition) is 4. The maximum Gasteiger partial charge on any atom is 0.105 e. The highest BCUT2D eigenvalue weighted by Gasteiger charge is 2.18. The van der Waals surface area contributed by atoms with E-state index in [0.29, 0.717) is 13.0 Å². The van der Waals surface area contributed by atoms with Gasteiger partial charge in [-0.1, -0.05) is 24.3 Å². The molecular formula is C17H19NO2S. The lowest BCUT2D eigenvalue weighted by Crippen LogP contribution is -2.23. The van der Waals surface area contributed by atoms with Crippen molar-refractivity contribution < 1.29 is 10.2 Å². The van der Waals surface area contributed by atoms with Crippen LogP contribution in [0.4, 0.5) is 0 Å². The number of rotatable bonds is 5. The minimum absolute atomic E-state index is 0.528. The molecule has 21 heavy (non-hydrogen) atoms. The normalized spacial score (nSPS) is 14.6. The van der Waals surface area contributed by atoms with Crippen LogP contribution in [0, 0.1) is 0 Å². The topological polar surface area (TPSA) is 52.5 Å². The Bertz CT molecular complexity index is 753. The van der Waals surface area contributed by atoms with Gasteiger partial charge in [0, 0.05) is 20.2 Å². The Labute approximate surface area is 127 Å². The van der Waals surface area contributed by atoms with E-state index >= 15 is 0 Å². The van der Waals surface area contributed by atoms with E-state index in [2.05, 4.69) is 17.4 Å². The molecule has 0 fully saturated rings. The second-order valence-corrected chi connectivity index (χ2v) is 6.34. The summed E-state index contributed by atoms with van der Waals surface area (Å²) in [5.74, 6) is 0. The van der Waals surface area contributed by atoms with Crippen LogP contribution in [-0.4, -0.2) is 29.9 Å². The third kappa shape index (κ3) is 2.80. The molecular weight excluding hydrogens is 282 g/mol. The van der Waals surface area contributed by atoms with Gasteiger partial charge in [0.2, 0.25) is 0 Å². The van der Waals surface area contributed by atoms with Crippen molar-refractivity contribution in [3.8, 4) is 0 Å². The van der Waals surface area contributed by atoms with Gasteiger partial charge in [-0.15, -0.1) is 11.3 Å². The van der Waals surface area contributed by atoms with Crippen molar-refractivity contribution in [1.82, 2.24) is 5.32 Å². The summed E-state index contributed by atoms with van der Waals surface area (Å²) in [4.78, 5) is 0. The summed E-state index contributed by atoms with van der Waals surface area (Å²) >= 11 is 1.75. The van der Waals surface area contributed by atoms with Crippen molar-refractivity contribution in [2.45, 2.75) is 18.6 Å². The molecule has 0 bridgehead atoms. The first-order chi connectivity index (χ1) is 10.2. The fourth-order valence-corrected chi connectivity index (χ4v) is 3.69. The van der Waals surface area contributed by atoms with Gasteiger partial charge in [0.25, 0.3) is 0 Å². The minimum atomic E-state index is -0.846. The van der Waals surface area contributed by atoms with Crippen LogP contribution in [0.2, 0.25) is 0 Å². The van der Waals surface area contributed by atoms with Gasteiger partial charge >= 0.3 is 0 Å². The number of aliphatic hydroxyl groups excluding tert-OH is 2. The molecule has 0 aliphatic heterocycles. The van der Waals surface area contributed by atoms with E-state index in [9.17, 15) is 10.2 Å². The van der Waals surface area contributed by atoms with Crippen LogP contribution in [-0.2, 0) is 0 Å². The van der Waals surface area contributed by atoms with E-state index in [1.165, 1.54) is 14.8 Å². The number of benzene rings is 2. The lowest BCUT2D eigenvalue weighted by molar-refractivity contribution is 0.0141. The molecule has 2 unspecified atom stereocenters. The number of hydrogen-bond donors (Lipinski definition) is 3. The zero-order valence-electron chi connectivity index (χ0n) is 11.9. The summed E-state index contributed by atoms with van der Waals surface area (Å²) in [5, 5.41) is 25.7. The molecule has 3 rings (SSSR count). The summed E-state index contributed by atoms with van der Waals surface area (Å²) in [6.07, 6.45) is -1.07. The van der Waals surface area contributed by atoms with Crippen LogP contribution in [0.3, 0.4) is 0 Å². The number of nitrogens with one attached hydrogen (secondary N) is 1. The summed E-state index contributed by atoms with van der Waals surface area (Å²) in [7, 11) is 1.84. The van der Waals surface area contributed by atoms with Crippen molar-refractivity contribution in [1.29, 1.82) is 0 Å². The molecule has 3 aromatic rings. The van der Waals surface area contributed by atoms with Crippen molar-refractivity contribution in [2.24, 2.45) is 0 Å². The Balaban J connectivity index is 1.98. The van der Waals surface area contributed by atoms with E-state index in [1.54, 1.807) is 11.3 Å². The third-order valence-corrected chi connectivity index (χ3v) is 4.95. The SMILES string of the molecule is CNCCC(O)C(O)c1ccc2sc3ccccc3c2c1. The van der Waals surface area contributed by atoms with E-state index in [4.69, 9.17) is 0 Å². The molecule has 3 N–H and O–H groups in total. The van der Waals surface area contributed by atoms with Crippen molar-refractivity contribution >= 4 is 31.5 Å². The standard InChI is InChI=1S/C17H19NO2S/c1-18-9-8-14(19)17(20)11-6-7-16-13(10-11)12-4-2-3-5-15(12)21-16/h2-7,10,14,17-20H,8-9H2,1H3. The van der Waals surface area contributed by atoms with E-state index in [0.717, 1.165) is 10.9 Å². The third-order valence-electron chi connectivity index (χ3n) is 3.80. The smallest absolute Gasteiger partial charge is 0.105 e. The van der Waals surface area contributed by atoms with Crippen LogP contribution >= 0.6 is 11.3 Å². The molecule has 4 heteroatoms. The van der Waals surface area contributed by atoms with Gasteiger partial charge in [0.1, 0.15) is 6.10 Å². The monoisotopic (exact) mass is 301 g/mol. The molecule has 1 aromatic heterocycles. The van der Waals surface area contributed by atoms with Crippen LogP contribution in [0.1, 0.15) is 18.1 Å². The highest BCUT2D eigenvalue weighted by atomic mass is 32.1. The Morgan fingerprint density at radius 3 is 2.62 bits per heavy atom. The van der Waals surface area contributed by atoms with Gasteiger partial charge in [-0.3, -0.25) is 0 Å². The Morgan fingerprint density at radius 1 is 1.05 bits per heavy atom. The second-order valence-electron chi connectivity index (χ2n) is 5.26. The van der Waals surface area contributed by atoms with Crippen molar-refractivity contribution in [2.75, 3.05) is 13.6 Å². The molecule has 0 saturated heterocycles. The molecule has 0 aliphatic carbocycles. The average Bonchev–Trinajstić information content (AvgIpc) is 2.89. The molecule has 0 aliphatic rings. The zero-order chi connectivity index (χ0) is 14.8. The molecule has 0 amide bonds. The average molecular weight is 301 g/mol. The predicted octanol–water partition coefficient (Wildman–Crippen LogP) is 3.06. The number of thiophene rings is 1. The van der Waals surface area contributed by atoms with E-state index < -0.39 is 12.2 Å². The molecule has 0 spiro atoms. The maximum absolute atomic E-state index is 10.3. The number of fused-ring (bicyclic) bond motifs is 3. The van der Waals surface area contributed by atoms with Gasteiger partial charge < -0.3 is 15.5 Å². The number of aliphatic hydroxyl groups is 2. The molecule has 2 atom stereocenters. The van der Waals surface area contributed by atoms with Crippen molar-refractivity contribution in [3.05, 3.63) is 48.0 Å². The molecule has 0 saturated carbocycles. The Hall–Kier alpha value is -1.46. The zero-order valence-corrected chi connectivity index (χ0v) is 12.7. The lowest BCUT2D eigenvalue weighted by atomic mass is 10.00. The molecule has 2 aromatic carbocycles. The Morgan fingerprint density at radius 2 is 1.81 bits per heavy atom. The van der Waals surface area contributed by atoms with Gasteiger partial charge in [0.05, 0.1) is 6.10 Å². The fraction of sp³-hybridized carbons (Fsp3) is 0.294. The highest BCUT2D eigenvalue weighted by molar-refractivity contribution is 7.25. The largest absolute Gasteiger partial charge is 0.390 e. The van der Waals surface area contributed by atoms with Crippen LogP contribution in [0.5, 0.6) is 0 Å². The van der Waals surface area contributed by atoms with Crippen molar-refractivity contribution in [3.63, 3.8) is 0 Å². The molecule has 0 radical (unpaired) electrons. The molecule has 1 heterocycles. The Kier molecular flexibility index (Phi) is 4.22. The van der Waals surface area contributed by atoms with Crippen LogP contribution in [0.15, 0.2) is 42.5 Å². The van der Waals surface area contributed by atoms with Gasteiger partial charge in [-0.05, 0) is 43.8 Å². The van der Waals surface area contributed by atoms with Gasteiger partial charge in [-0.2, -0.15) is 0 Å². The van der Waals surface area contributed by atoms with Crippen LogP contribution in [0.25, 0.3) is 20.2 Å². The first-order valence-electron chi connectivity index (χ1n) is 7.12. The lowest BCUT2D eigenvalue weighted by Gasteiger charge is -2.18. The maximum atomic E-state index is 10.3. The summed E-state index contributed by atoms with van der Waals surface area (Å²) in [6, 6.07) is 14.2. The summed E-state index contributed by atoms with van der Waals surface area (Å²) in [6.45, 7) is 0.682. The van der Waals surface area contributed by atoms with Gasteiger partial charge in [0.15, 0.2) is 0 Å². The van der Waals surface area contributed by atoms with E-state index in [1.807, 2.05) is 37.4 Å². The molecule has 3 nitrogen and oxygen atoms in total. The summed E-state index contributed by atoms with van der Waals surface area (Å²) < 4.78 is 2.45. The predicted molar refractivity (Wildman–Crippen MR) is 88.8 cm³/mol. The highest BCUT2D eigenvalue weighted by Crippen LogP contribution is 2.35.